The molecule has 0 N–H and O–H groups in total. The molecule has 2 spiro atoms. The number of hydrogen-bond acceptors (Lipinski definition) is 3. The van der Waals surface area contributed by atoms with Crippen molar-refractivity contribution in [3.8, 4) is 0 Å². The van der Waals surface area contributed by atoms with Crippen LogP contribution in [0.1, 0.15) is 40.0 Å². The van der Waals surface area contributed by atoms with Gasteiger partial charge in [0.15, 0.2) is 5.79 Å². The molecule has 1 aliphatic carbocycles. The SMILES string of the molecule is CC1=CC2(CCC3(OCCO3)C(C)(C)C2)OC1. The van der Waals surface area contributed by atoms with E-state index in [1.807, 2.05) is 0 Å². The van der Waals surface area contributed by atoms with Crippen LogP contribution in [0.4, 0.5) is 0 Å². The summed E-state index contributed by atoms with van der Waals surface area (Å²) in [5, 5.41) is 0. The fourth-order valence-corrected chi connectivity index (χ4v) is 3.71. The van der Waals surface area contributed by atoms with Crippen molar-refractivity contribution in [2.75, 3.05) is 19.8 Å². The second-order valence-electron chi connectivity index (χ2n) is 6.35. The van der Waals surface area contributed by atoms with Crippen LogP contribution in [0.5, 0.6) is 0 Å². The van der Waals surface area contributed by atoms with Gasteiger partial charge in [0.25, 0.3) is 0 Å². The van der Waals surface area contributed by atoms with E-state index in [4.69, 9.17) is 14.2 Å². The van der Waals surface area contributed by atoms with Crippen LogP contribution < -0.4 is 0 Å². The summed E-state index contributed by atoms with van der Waals surface area (Å²) in [6.45, 7) is 8.87. The standard InChI is InChI=1S/C14H22O3/c1-11-8-13(17-9-11)4-5-14(12(2,3)10-13)15-6-7-16-14/h8H,4-7,9-10H2,1-3H3. The fraction of sp³-hybridized carbons (Fsp3) is 0.857. The molecule has 0 radical (unpaired) electrons. The third kappa shape index (κ3) is 1.67. The Bertz CT molecular complexity index is 352. The minimum Gasteiger partial charge on any atom is -0.367 e. The monoisotopic (exact) mass is 238 g/mol. The molecule has 96 valence electrons. The van der Waals surface area contributed by atoms with E-state index in [9.17, 15) is 0 Å². The molecule has 3 aliphatic rings. The molecule has 17 heavy (non-hydrogen) atoms. The number of ether oxygens (including phenoxy) is 3. The van der Waals surface area contributed by atoms with E-state index in [1.54, 1.807) is 0 Å². The first-order valence-electron chi connectivity index (χ1n) is 6.57. The van der Waals surface area contributed by atoms with Crippen molar-refractivity contribution >= 4 is 0 Å². The first-order chi connectivity index (χ1) is 7.97. The van der Waals surface area contributed by atoms with E-state index in [-0.39, 0.29) is 16.8 Å². The van der Waals surface area contributed by atoms with E-state index in [0.717, 1.165) is 39.1 Å². The Kier molecular flexibility index (Phi) is 2.45. The Morgan fingerprint density at radius 2 is 1.76 bits per heavy atom. The lowest BCUT2D eigenvalue weighted by molar-refractivity contribution is -0.267. The summed E-state index contributed by atoms with van der Waals surface area (Å²) in [5.41, 5.74) is 1.29. The van der Waals surface area contributed by atoms with Gasteiger partial charge in [0.1, 0.15) is 0 Å². The molecule has 1 saturated heterocycles. The lowest BCUT2D eigenvalue weighted by Gasteiger charge is -2.51. The zero-order valence-electron chi connectivity index (χ0n) is 11.0. The van der Waals surface area contributed by atoms with Crippen molar-refractivity contribution < 1.29 is 14.2 Å². The molecule has 2 aliphatic heterocycles. The molecule has 1 saturated carbocycles. The molecule has 0 aromatic carbocycles. The van der Waals surface area contributed by atoms with Crippen LogP contribution in [0.25, 0.3) is 0 Å². The molecule has 2 fully saturated rings. The van der Waals surface area contributed by atoms with Gasteiger partial charge in [0.2, 0.25) is 0 Å². The highest BCUT2D eigenvalue weighted by Crippen LogP contribution is 2.54. The Labute approximate surface area is 103 Å². The van der Waals surface area contributed by atoms with Crippen LogP contribution in [0.15, 0.2) is 11.6 Å². The lowest BCUT2D eigenvalue weighted by atomic mass is 9.65. The molecular weight excluding hydrogens is 216 g/mol. The molecule has 3 heteroatoms. The largest absolute Gasteiger partial charge is 0.367 e. The van der Waals surface area contributed by atoms with Crippen LogP contribution in [0.3, 0.4) is 0 Å². The van der Waals surface area contributed by atoms with Gasteiger partial charge in [-0.05, 0) is 25.3 Å². The van der Waals surface area contributed by atoms with Gasteiger partial charge in [-0.2, -0.15) is 0 Å². The zero-order chi connectivity index (χ0) is 12.1. The van der Waals surface area contributed by atoms with Crippen LogP contribution in [0, 0.1) is 5.41 Å². The minimum absolute atomic E-state index is 0.00285. The molecule has 1 atom stereocenters. The van der Waals surface area contributed by atoms with Crippen LogP contribution in [-0.4, -0.2) is 31.2 Å². The van der Waals surface area contributed by atoms with Crippen LogP contribution in [-0.2, 0) is 14.2 Å². The summed E-state index contributed by atoms with van der Waals surface area (Å²) in [6, 6.07) is 0. The topological polar surface area (TPSA) is 27.7 Å². The molecule has 3 rings (SSSR count). The number of hydrogen-bond donors (Lipinski definition) is 0. The molecule has 0 bridgehead atoms. The molecule has 0 aromatic rings. The van der Waals surface area contributed by atoms with Crippen LogP contribution in [0.2, 0.25) is 0 Å². The minimum atomic E-state index is -0.369. The first kappa shape index (κ1) is 11.7. The van der Waals surface area contributed by atoms with Crippen LogP contribution >= 0.6 is 0 Å². The summed E-state index contributed by atoms with van der Waals surface area (Å²) in [7, 11) is 0. The average Bonchev–Trinajstić information content (AvgIpc) is 2.82. The highest BCUT2D eigenvalue weighted by atomic mass is 16.7. The lowest BCUT2D eigenvalue weighted by Crippen LogP contribution is -2.55. The van der Waals surface area contributed by atoms with Crippen molar-refractivity contribution in [3.05, 3.63) is 11.6 Å². The van der Waals surface area contributed by atoms with Gasteiger partial charge in [-0.3, -0.25) is 0 Å². The number of rotatable bonds is 0. The maximum atomic E-state index is 6.03. The summed E-state index contributed by atoms with van der Waals surface area (Å²) >= 11 is 0. The first-order valence-corrected chi connectivity index (χ1v) is 6.57. The van der Waals surface area contributed by atoms with Gasteiger partial charge in [0, 0.05) is 11.8 Å². The molecule has 3 nitrogen and oxygen atoms in total. The molecule has 0 aromatic heterocycles. The van der Waals surface area contributed by atoms with Gasteiger partial charge in [-0.1, -0.05) is 19.9 Å². The maximum Gasteiger partial charge on any atom is 0.173 e. The van der Waals surface area contributed by atoms with E-state index in [0.29, 0.717) is 0 Å². The smallest absolute Gasteiger partial charge is 0.173 e. The maximum absolute atomic E-state index is 6.03. The van der Waals surface area contributed by atoms with Crippen molar-refractivity contribution in [1.82, 2.24) is 0 Å². The molecule has 1 unspecified atom stereocenters. The Hall–Kier alpha value is -0.380. The zero-order valence-corrected chi connectivity index (χ0v) is 11.0. The highest BCUT2D eigenvalue weighted by molar-refractivity contribution is 5.20. The molecule has 0 amide bonds. The van der Waals surface area contributed by atoms with Crippen molar-refractivity contribution in [3.63, 3.8) is 0 Å². The van der Waals surface area contributed by atoms with E-state index >= 15 is 0 Å². The normalized spacial score (nSPS) is 38.9. The van der Waals surface area contributed by atoms with Crippen molar-refractivity contribution in [2.45, 2.75) is 51.4 Å². The fourth-order valence-electron chi connectivity index (χ4n) is 3.71. The van der Waals surface area contributed by atoms with E-state index in [1.165, 1.54) is 5.57 Å². The third-order valence-corrected chi connectivity index (χ3v) is 4.50. The molecular formula is C14H22O3. The van der Waals surface area contributed by atoms with E-state index < -0.39 is 0 Å². The molecule has 2 heterocycles. The van der Waals surface area contributed by atoms with Crippen molar-refractivity contribution in [1.29, 1.82) is 0 Å². The van der Waals surface area contributed by atoms with Gasteiger partial charge >= 0.3 is 0 Å². The predicted octanol–water partition coefficient (Wildman–Crippen LogP) is 2.65. The van der Waals surface area contributed by atoms with Gasteiger partial charge in [0.05, 0.1) is 25.4 Å². The summed E-state index contributed by atoms with van der Waals surface area (Å²) in [5.74, 6) is -0.369. The second-order valence-corrected chi connectivity index (χ2v) is 6.35. The summed E-state index contributed by atoms with van der Waals surface area (Å²) in [4.78, 5) is 0. The predicted molar refractivity (Wildman–Crippen MR) is 64.7 cm³/mol. The second kappa shape index (κ2) is 3.56. The van der Waals surface area contributed by atoms with Gasteiger partial charge < -0.3 is 14.2 Å². The van der Waals surface area contributed by atoms with E-state index in [2.05, 4.69) is 26.8 Å². The third-order valence-electron chi connectivity index (χ3n) is 4.50. The average molecular weight is 238 g/mol. The summed E-state index contributed by atoms with van der Waals surface area (Å²) < 4.78 is 17.9. The summed E-state index contributed by atoms with van der Waals surface area (Å²) in [6.07, 6.45) is 5.24. The van der Waals surface area contributed by atoms with Gasteiger partial charge in [-0.25, -0.2) is 0 Å². The Morgan fingerprint density at radius 1 is 1.06 bits per heavy atom. The van der Waals surface area contributed by atoms with Crippen molar-refractivity contribution in [2.24, 2.45) is 5.41 Å². The highest BCUT2D eigenvalue weighted by Gasteiger charge is 2.58. The van der Waals surface area contributed by atoms with Gasteiger partial charge in [-0.15, -0.1) is 0 Å². The quantitative estimate of drug-likeness (QED) is 0.607. The Balaban J connectivity index is 1.86. The Morgan fingerprint density at radius 3 is 2.29 bits per heavy atom.